The molecule has 1 aliphatic heterocycles. The van der Waals surface area contributed by atoms with Gasteiger partial charge in [-0.1, -0.05) is 27.5 Å². The van der Waals surface area contributed by atoms with Gasteiger partial charge in [-0.15, -0.1) is 0 Å². The molecule has 0 aromatic heterocycles. The van der Waals surface area contributed by atoms with Gasteiger partial charge in [0.15, 0.2) is 0 Å². The number of aliphatic hydroxyl groups excluding tert-OH is 1. The molecule has 0 bridgehead atoms. The number of aliphatic hydroxyl groups is 1. The molecule has 1 aromatic carbocycles. The van der Waals surface area contributed by atoms with Crippen LogP contribution in [0, 0.1) is 0 Å². The van der Waals surface area contributed by atoms with Gasteiger partial charge in [0.05, 0.1) is 6.10 Å². The summed E-state index contributed by atoms with van der Waals surface area (Å²) < 4.78 is 0.634. The molecule has 19 heavy (non-hydrogen) atoms. The van der Waals surface area contributed by atoms with Crippen LogP contribution in [0.3, 0.4) is 0 Å². The summed E-state index contributed by atoms with van der Waals surface area (Å²) in [6.07, 6.45) is -0.768. The molecule has 0 spiro atoms. The van der Waals surface area contributed by atoms with Gasteiger partial charge in [0.25, 0.3) is 5.91 Å². The Morgan fingerprint density at radius 3 is 2.63 bits per heavy atom. The second-order valence-electron chi connectivity index (χ2n) is 4.36. The van der Waals surface area contributed by atoms with Crippen molar-refractivity contribution < 1.29 is 19.8 Å². The number of hydrogen-bond donors (Lipinski definition) is 2. The van der Waals surface area contributed by atoms with Crippen molar-refractivity contribution >= 4 is 39.4 Å². The monoisotopic (exact) mass is 347 g/mol. The van der Waals surface area contributed by atoms with Crippen LogP contribution < -0.4 is 0 Å². The van der Waals surface area contributed by atoms with Crippen LogP contribution in [0.15, 0.2) is 22.7 Å². The summed E-state index contributed by atoms with van der Waals surface area (Å²) in [7, 11) is 0. The third-order valence-electron chi connectivity index (χ3n) is 2.93. The van der Waals surface area contributed by atoms with E-state index in [1.807, 2.05) is 0 Å². The molecule has 5 nitrogen and oxygen atoms in total. The lowest BCUT2D eigenvalue weighted by Gasteiger charge is -2.21. The molecule has 1 aromatic rings. The quantitative estimate of drug-likeness (QED) is 0.854. The number of β-amino-alcohol motifs (C(OH)–C–C–N with tert-alkyl or cyclic N) is 1. The zero-order valence-electron chi connectivity index (χ0n) is 9.72. The molecular formula is C12H11BrClNO4. The summed E-state index contributed by atoms with van der Waals surface area (Å²) in [5, 5.41) is 19.0. The molecule has 2 rings (SSSR count). The van der Waals surface area contributed by atoms with E-state index in [1.165, 1.54) is 6.07 Å². The van der Waals surface area contributed by atoms with Crippen LogP contribution in [0.2, 0.25) is 5.02 Å². The number of rotatable bonds is 2. The third-order valence-corrected chi connectivity index (χ3v) is 3.61. The van der Waals surface area contributed by atoms with Crippen LogP contribution in [0.1, 0.15) is 16.8 Å². The summed E-state index contributed by atoms with van der Waals surface area (Å²) in [5.41, 5.74) is 0.291. The Balaban J connectivity index is 2.30. The highest BCUT2D eigenvalue weighted by atomic mass is 79.9. The summed E-state index contributed by atoms with van der Waals surface area (Å²) >= 11 is 9.09. The van der Waals surface area contributed by atoms with Crippen molar-refractivity contribution in [2.24, 2.45) is 0 Å². The van der Waals surface area contributed by atoms with Crippen molar-refractivity contribution in [3.8, 4) is 0 Å². The van der Waals surface area contributed by atoms with E-state index in [1.54, 1.807) is 12.1 Å². The molecule has 1 aliphatic rings. The zero-order valence-corrected chi connectivity index (χ0v) is 12.1. The van der Waals surface area contributed by atoms with Gasteiger partial charge in [-0.25, -0.2) is 4.79 Å². The Hall–Kier alpha value is -1.11. The molecule has 2 atom stereocenters. The molecular weight excluding hydrogens is 337 g/mol. The third kappa shape index (κ3) is 3.08. The smallest absolute Gasteiger partial charge is 0.326 e. The number of amides is 1. The van der Waals surface area contributed by atoms with Crippen molar-refractivity contribution in [3.63, 3.8) is 0 Å². The standard InChI is InChI=1S/C12H11BrClNO4/c13-7-1-6(2-8(14)3-7)11(17)15-5-9(16)4-10(15)12(18)19/h1-3,9-10,16H,4-5H2,(H,18,19)/t9?,10-/m0/s1. The van der Waals surface area contributed by atoms with Gasteiger partial charge in [0.2, 0.25) is 0 Å². The Bertz CT molecular complexity index is 516. The van der Waals surface area contributed by atoms with E-state index in [9.17, 15) is 14.7 Å². The number of hydrogen-bond acceptors (Lipinski definition) is 3. The second kappa shape index (κ2) is 5.48. The fraction of sp³-hybridized carbons (Fsp3) is 0.333. The minimum atomic E-state index is -1.12. The van der Waals surface area contributed by atoms with Gasteiger partial charge in [-0.05, 0) is 18.2 Å². The summed E-state index contributed by atoms with van der Waals surface area (Å²) in [6, 6.07) is 3.67. The number of benzene rings is 1. The van der Waals surface area contributed by atoms with Gasteiger partial charge < -0.3 is 15.1 Å². The largest absolute Gasteiger partial charge is 0.480 e. The van der Waals surface area contributed by atoms with Gasteiger partial charge in [-0.3, -0.25) is 4.79 Å². The number of likely N-dealkylation sites (tertiary alicyclic amines) is 1. The van der Waals surface area contributed by atoms with Crippen molar-refractivity contribution in [1.29, 1.82) is 0 Å². The van der Waals surface area contributed by atoms with Gasteiger partial charge in [-0.2, -0.15) is 0 Å². The fourth-order valence-corrected chi connectivity index (χ4v) is 2.98. The molecule has 1 saturated heterocycles. The molecule has 1 unspecified atom stereocenters. The van der Waals surface area contributed by atoms with Crippen LogP contribution in [0.25, 0.3) is 0 Å². The van der Waals surface area contributed by atoms with Gasteiger partial charge in [0.1, 0.15) is 6.04 Å². The Morgan fingerprint density at radius 2 is 2.05 bits per heavy atom. The number of carboxylic acid groups (broad SMARTS) is 1. The molecule has 0 aliphatic carbocycles. The fourth-order valence-electron chi connectivity index (χ4n) is 2.12. The van der Waals surface area contributed by atoms with E-state index in [2.05, 4.69) is 15.9 Å². The van der Waals surface area contributed by atoms with E-state index < -0.39 is 24.0 Å². The van der Waals surface area contributed by atoms with Crippen LogP contribution in [0.4, 0.5) is 0 Å². The van der Waals surface area contributed by atoms with Crippen LogP contribution >= 0.6 is 27.5 Å². The first-order valence-electron chi connectivity index (χ1n) is 5.56. The average Bonchev–Trinajstić information content (AvgIpc) is 2.69. The van der Waals surface area contributed by atoms with E-state index >= 15 is 0 Å². The first-order valence-corrected chi connectivity index (χ1v) is 6.73. The van der Waals surface area contributed by atoms with Crippen molar-refractivity contribution in [2.75, 3.05) is 6.54 Å². The van der Waals surface area contributed by atoms with Crippen LogP contribution in [0.5, 0.6) is 0 Å². The highest BCUT2D eigenvalue weighted by Gasteiger charge is 2.39. The number of carboxylic acids is 1. The zero-order chi connectivity index (χ0) is 14.2. The Kier molecular flexibility index (Phi) is 4.13. The lowest BCUT2D eigenvalue weighted by molar-refractivity contribution is -0.141. The van der Waals surface area contributed by atoms with E-state index in [0.717, 1.165) is 4.90 Å². The summed E-state index contributed by atoms with van der Waals surface area (Å²) in [4.78, 5) is 24.5. The minimum absolute atomic E-state index is 0.0138. The molecule has 0 saturated carbocycles. The lowest BCUT2D eigenvalue weighted by Crippen LogP contribution is -2.40. The SMILES string of the molecule is O=C(O)[C@@H]1CC(O)CN1C(=O)c1cc(Cl)cc(Br)c1. The van der Waals surface area contributed by atoms with Crippen LogP contribution in [-0.2, 0) is 4.79 Å². The Morgan fingerprint density at radius 1 is 1.37 bits per heavy atom. The lowest BCUT2D eigenvalue weighted by atomic mass is 10.1. The van der Waals surface area contributed by atoms with E-state index in [-0.39, 0.29) is 13.0 Å². The number of halogens is 2. The first-order chi connectivity index (χ1) is 8.88. The average molecular weight is 349 g/mol. The predicted octanol–water partition coefficient (Wildman–Crippen LogP) is 1.76. The predicted molar refractivity (Wildman–Crippen MR) is 72.2 cm³/mol. The maximum atomic E-state index is 12.3. The number of aliphatic carboxylic acids is 1. The first kappa shape index (κ1) is 14.3. The highest BCUT2D eigenvalue weighted by Crippen LogP contribution is 2.24. The number of nitrogens with zero attached hydrogens (tertiary/aromatic N) is 1. The maximum Gasteiger partial charge on any atom is 0.326 e. The number of carbonyl (C=O) groups excluding carboxylic acids is 1. The molecule has 2 N–H and O–H groups in total. The van der Waals surface area contributed by atoms with Crippen molar-refractivity contribution in [2.45, 2.75) is 18.6 Å². The molecule has 1 fully saturated rings. The summed E-state index contributed by atoms with van der Waals surface area (Å²) in [5.74, 6) is -1.57. The number of carbonyl (C=O) groups is 2. The normalized spacial score (nSPS) is 22.6. The molecule has 7 heteroatoms. The molecule has 102 valence electrons. The van der Waals surface area contributed by atoms with E-state index in [0.29, 0.717) is 15.1 Å². The topological polar surface area (TPSA) is 77.8 Å². The molecule has 0 radical (unpaired) electrons. The van der Waals surface area contributed by atoms with E-state index in [4.69, 9.17) is 16.7 Å². The highest BCUT2D eigenvalue weighted by molar-refractivity contribution is 9.10. The van der Waals surface area contributed by atoms with Crippen LogP contribution in [-0.4, -0.2) is 45.7 Å². The van der Waals surface area contributed by atoms with Gasteiger partial charge in [0, 0.05) is 28.0 Å². The van der Waals surface area contributed by atoms with Crippen molar-refractivity contribution in [3.05, 3.63) is 33.3 Å². The summed E-state index contributed by atoms with van der Waals surface area (Å²) in [6.45, 7) is 0.0138. The van der Waals surface area contributed by atoms with Gasteiger partial charge >= 0.3 is 5.97 Å². The molecule has 1 heterocycles. The second-order valence-corrected chi connectivity index (χ2v) is 5.71. The Labute approximate surface area is 122 Å². The molecule has 1 amide bonds. The van der Waals surface area contributed by atoms with Crippen molar-refractivity contribution in [1.82, 2.24) is 4.90 Å². The minimum Gasteiger partial charge on any atom is -0.480 e. The maximum absolute atomic E-state index is 12.3.